The number of nitrogens with two attached hydrogens (primary N) is 1. The van der Waals surface area contributed by atoms with E-state index in [2.05, 4.69) is 0 Å². The Morgan fingerprint density at radius 2 is 2.27 bits per heavy atom. The second-order valence-corrected chi connectivity index (χ2v) is 2.62. The summed E-state index contributed by atoms with van der Waals surface area (Å²) in [4.78, 5) is 11.0. The number of hydrogen-bond donors (Lipinski definition) is 1. The lowest BCUT2D eigenvalue weighted by atomic mass is 10.1. The van der Waals surface area contributed by atoms with Gasteiger partial charge in [0, 0.05) is 0 Å². The average Bonchev–Trinajstić information content (AvgIpc) is 2.03. The molecule has 1 atom stereocenters. The van der Waals surface area contributed by atoms with Gasteiger partial charge in [-0.05, 0) is 19.4 Å². The molecule has 1 unspecified atom stereocenters. The highest BCUT2D eigenvalue weighted by Gasteiger charge is 2.10. The summed E-state index contributed by atoms with van der Waals surface area (Å²) in [7, 11) is 0. The molecular formula is C8H17NO2. The minimum atomic E-state index is -0.110. The minimum absolute atomic E-state index is 0.0211. The lowest BCUT2D eigenvalue weighted by Crippen LogP contribution is -2.16. The summed E-state index contributed by atoms with van der Waals surface area (Å²) in [5.74, 6) is -0.0891. The second-order valence-electron chi connectivity index (χ2n) is 2.62. The fraction of sp³-hybridized carbons (Fsp3) is 0.875. The molecule has 3 nitrogen and oxygen atoms in total. The van der Waals surface area contributed by atoms with E-state index >= 15 is 0 Å². The van der Waals surface area contributed by atoms with E-state index in [1.165, 1.54) is 0 Å². The maximum Gasteiger partial charge on any atom is 0.308 e. The van der Waals surface area contributed by atoms with E-state index in [4.69, 9.17) is 10.5 Å². The van der Waals surface area contributed by atoms with Gasteiger partial charge < -0.3 is 10.5 Å². The Morgan fingerprint density at radius 3 is 2.73 bits per heavy atom. The van der Waals surface area contributed by atoms with E-state index in [-0.39, 0.29) is 11.9 Å². The first-order valence-corrected chi connectivity index (χ1v) is 4.09. The topological polar surface area (TPSA) is 52.3 Å². The van der Waals surface area contributed by atoms with Crippen LogP contribution in [0.15, 0.2) is 0 Å². The van der Waals surface area contributed by atoms with Crippen molar-refractivity contribution in [1.82, 2.24) is 0 Å². The van der Waals surface area contributed by atoms with E-state index in [0.29, 0.717) is 13.2 Å². The number of hydrogen-bond acceptors (Lipinski definition) is 3. The molecule has 0 bridgehead atoms. The van der Waals surface area contributed by atoms with Crippen molar-refractivity contribution in [1.29, 1.82) is 0 Å². The number of carbonyl (C=O) groups is 1. The normalized spacial score (nSPS) is 12.6. The van der Waals surface area contributed by atoms with Gasteiger partial charge in [0.05, 0.1) is 12.5 Å². The number of esters is 1. The van der Waals surface area contributed by atoms with Crippen LogP contribution in [-0.4, -0.2) is 19.1 Å². The van der Waals surface area contributed by atoms with Gasteiger partial charge in [-0.3, -0.25) is 4.79 Å². The van der Waals surface area contributed by atoms with Crippen molar-refractivity contribution in [3.05, 3.63) is 0 Å². The van der Waals surface area contributed by atoms with Gasteiger partial charge in [-0.25, -0.2) is 0 Å². The summed E-state index contributed by atoms with van der Waals surface area (Å²) < 4.78 is 4.92. The lowest BCUT2D eigenvalue weighted by molar-refractivity contribution is -0.148. The first-order valence-electron chi connectivity index (χ1n) is 4.09. The Hall–Kier alpha value is -0.570. The summed E-state index contributed by atoms with van der Waals surface area (Å²) in [6.45, 7) is 4.87. The summed E-state index contributed by atoms with van der Waals surface area (Å²) in [6.07, 6.45) is 1.59. The minimum Gasteiger partial charge on any atom is -0.465 e. The van der Waals surface area contributed by atoms with Crippen LogP contribution in [-0.2, 0) is 9.53 Å². The average molecular weight is 159 g/mol. The molecule has 0 fully saturated rings. The number of ether oxygens (including phenoxy) is 1. The third kappa shape index (κ3) is 4.79. The zero-order valence-electron chi connectivity index (χ0n) is 7.30. The predicted molar refractivity (Wildman–Crippen MR) is 44.1 cm³/mol. The fourth-order valence-corrected chi connectivity index (χ4v) is 0.565. The molecule has 0 aliphatic carbocycles. The van der Waals surface area contributed by atoms with Gasteiger partial charge in [0.15, 0.2) is 0 Å². The van der Waals surface area contributed by atoms with E-state index in [1.54, 1.807) is 0 Å². The van der Waals surface area contributed by atoms with Gasteiger partial charge in [-0.2, -0.15) is 0 Å². The van der Waals surface area contributed by atoms with Crippen molar-refractivity contribution in [2.45, 2.75) is 26.7 Å². The van der Waals surface area contributed by atoms with Gasteiger partial charge in [-0.1, -0.05) is 13.8 Å². The molecule has 0 amide bonds. The third-order valence-electron chi connectivity index (χ3n) is 1.61. The Bertz CT molecular complexity index is 115. The summed E-state index contributed by atoms with van der Waals surface area (Å²) in [5.41, 5.74) is 5.23. The standard InChI is InChI=1S/C8H17NO2/c1-3-7(2)8(10)11-6-4-5-9/h7H,3-6,9H2,1-2H3. The molecule has 11 heavy (non-hydrogen) atoms. The van der Waals surface area contributed by atoms with Gasteiger partial charge in [0.1, 0.15) is 0 Å². The van der Waals surface area contributed by atoms with Crippen LogP contribution in [0.25, 0.3) is 0 Å². The monoisotopic (exact) mass is 159 g/mol. The van der Waals surface area contributed by atoms with Crippen molar-refractivity contribution in [3.8, 4) is 0 Å². The zero-order valence-corrected chi connectivity index (χ0v) is 7.30. The van der Waals surface area contributed by atoms with Crippen molar-refractivity contribution < 1.29 is 9.53 Å². The Labute approximate surface area is 67.9 Å². The van der Waals surface area contributed by atoms with Crippen molar-refractivity contribution in [2.75, 3.05) is 13.2 Å². The zero-order chi connectivity index (χ0) is 8.69. The maximum absolute atomic E-state index is 11.0. The van der Waals surface area contributed by atoms with Crippen LogP contribution >= 0.6 is 0 Å². The molecule has 2 N–H and O–H groups in total. The van der Waals surface area contributed by atoms with Gasteiger partial charge in [0.2, 0.25) is 0 Å². The second kappa shape index (κ2) is 6.16. The molecular weight excluding hydrogens is 142 g/mol. The van der Waals surface area contributed by atoms with Crippen LogP contribution in [0.4, 0.5) is 0 Å². The molecule has 0 aromatic rings. The Balaban J connectivity index is 3.36. The molecule has 0 rings (SSSR count). The first kappa shape index (κ1) is 10.4. The Morgan fingerprint density at radius 1 is 1.64 bits per heavy atom. The SMILES string of the molecule is CCC(C)C(=O)OCCCN. The molecule has 0 aliphatic rings. The highest BCUT2D eigenvalue weighted by atomic mass is 16.5. The molecule has 0 spiro atoms. The van der Waals surface area contributed by atoms with E-state index in [9.17, 15) is 4.79 Å². The lowest BCUT2D eigenvalue weighted by Gasteiger charge is -2.07. The van der Waals surface area contributed by atoms with E-state index in [0.717, 1.165) is 12.8 Å². The molecule has 3 heteroatoms. The molecule has 0 radical (unpaired) electrons. The summed E-state index contributed by atoms with van der Waals surface area (Å²) in [6, 6.07) is 0. The smallest absolute Gasteiger partial charge is 0.308 e. The molecule has 0 saturated heterocycles. The van der Waals surface area contributed by atoms with Crippen molar-refractivity contribution >= 4 is 5.97 Å². The summed E-state index contributed by atoms with van der Waals surface area (Å²) in [5, 5.41) is 0. The van der Waals surface area contributed by atoms with Gasteiger partial charge in [0.25, 0.3) is 0 Å². The largest absolute Gasteiger partial charge is 0.465 e. The van der Waals surface area contributed by atoms with Crippen LogP contribution < -0.4 is 5.73 Å². The highest BCUT2D eigenvalue weighted by Crippen LogP contribution is 2.02. The molecule has 0 aromatic carbocycles. The Kier molecular flexibility index (Phi) is 5.84. The molecule has 66 valence electrons. The molecule has 0 saturated carbocycles. The quantitative estimate of drug-likeness (QED) is 0.479. The van der Waals surface area contributed by atoms with Crippen molar-refractivity contribution in [2.24, 2.45) is 11.7 Å². The van der Waals surface area contributed by atoms with Gasteiger partial charge >= 0.3 is 5.97 Å². The number of carbonyl (C=O) groups excluding carboxylic acids is 1. The predicted octanol–water partition coefficient (Wildman–Crippen LogP) is 0.924. The summed E-state index contributed by atoms with van der Waals surface area (Å²) >= 11 is 0. The van der Waals surface area contributed by atoms with Crippen LogP contribution in [0.1, 0.15) is 26.7 Å². The van der Waals surface area contributed by atoms with Crippen molar-refractivity contribution in [3.63, 3.8) is 0 Å². The third-order valence-corrected chi connectivity index (χ3v) is 1.61. The van der Waals surface area contributed by atoms with Crippen LogP contribution in [0.3, 0.4) is 0 Å². The van der Waals surface area contributed by atoms with Crippen LogP contribution in [0.2, 0.25) is 0 Å². The molecule has 0 aromatic heterocycles. The molecule has 0 aliphatic heterocycles. The fourth-order valence-electron chi connectivity index (χ4n) is 0.565. The van der Waals surface area contributed by atoms with Gasteiger partial charge in [-0.15, -0.1) is 0 Å². The van der Waals surface area contributed by atoms with E-state index in [1.807, 2.05) is 13.8 Å². The maximum atomic E-state index is 11.0. The molecule has 0 heterocycles. The first-order chi connectivity index (χ1) is 5.22. The van der Waals surface area contributed by atoms with Crippen LogP contribution in [0, 0.1) is 5.92 Å². The highest BCUT2D eigenvalue weighted by molar-refractivity contribution is 5.71. The van der Waals surface area contributed by atoms with E-state index < -0.39 is 0 Å². The van der Waals surface area contributed by atoms with Crippen LogP contribution in [0.5, 0.6) is 0 Å². The number of rotatable bonds is 5.